The number of aliphatic hydroxyl groups excluding tert-OH is 2. The van der Waals surface area contributed by atoms with E-state index in [0.29, 0.717) is 19.4 Å². The van der Waals surface area contributed by atoms with Crippen molar-refractivity contribution < 1.29 is 24.5 Å². The fourth-order valence-corrected chi connectivity index (χ4v) is 12.0. The van der Waals surface area contributed by atoms with E-state index in [2.05, 4.69) is 43.5 Å². The van der Waals surface area contributed by atoms with Crippen LogP contribution in [0.2, 0.25) is 0 Å². The van der Waals surface area contributed by atoms with Gasteiger partial charge in [0, 0.05) is 12.8 Å². The van der Waals surface area contributed by atoms with Gasteiger partial charge in [-0.1, -0.05) is 365 Å². The Labute approximate surface area is 525 Å². The molecule has 0 aliphatic carbocycles. The standard InChI is InChI=1S/C78H149NO5/c1-3-5-7-9-11-13-15-17-19-21-22-23-24-26-29-32-35-39-42-46-50-54-58-62-66-70-76(81)75(74-80)79-77(82)71-67-63-59-55-51-47-43-40-36-33-30-27-25-28-31-34-37-41-45-49-53-57-61-65-69-73-84-78(83)72-68-64-60-56-52-48-44-38-20-18-16-14-12-10-8-6-4-2/h18,20,27,30,66,70,75-76,80-81H,3-17,19,21-26,28-29,31-65,67-69,71-74H2,1-2H3,(H,79,82)/b20-18-,30-27-,70-66+. The second-order valence-corrected chi connectivity index (χ2v) is 26.3. The minimum absolute atomic E-state index is 0.0105. The number of hydrogen-bond donors (Lipinski definition) is 3. The van der Waals surface area contributed by atoms with Gasteiger partial charge in [-0.3, -0.25) is 9.59 Å². The molecule has 0 saturated carbocycles. The zero-order valence-electron chi connectivity index (χ0n) is 56.9. The first-order valence-electron chi connectivity index (χ1n) is 38.3. The third-order valence-electron chi connectivity index (χ3n) is 17.9. The zero-order valence-corrected chi connectivity index (χ0v) is 56.9. The highest BCUT2D eigenvalue weighted by Crippen LogP contribution is 2.19. The fraction of sp³-hybridized carbons (Fsp3) is 0.897. The van der Waals surface area contributed by atoms with Gasteiger partial charge in [0.05, 0.1) is 25.4 Å². The van der Waals surface area contributed by atoms with E-state index in [9.17, 15) is 19.8 Å². The summed E-state index contributed by atoms with van der Waals surface area (Å²) in [5.41, 5.74) is 0. The van der Waals surface area contributed by atoms with Crippen molar-refractivity contribution in [3.05, 3.63) is 36.5 Å². The molecule has 0 rings (SSSR count). The molecule has 0 saturated heterocycles. The molecule has 0 spiro atoms. The second-order valence-electron chi connectivity index (χ2n) is 26.3. The van der Waals surface area contributed by atoms with Crippen LogP contribution in [0.5, 0.6) is 0 Å². The number of carbonyl (C=O) groups excluding carboxylic acids is 2. The molecule has 0 aliphatic rings. The number of carbonyl (C=O) groups is 2. The van der Waals surface area contributed by atoms with E-state index >= 15 is 0 Å². The van der Waals surface area contributed by atoms with Gasteiger partial charge in [-0.05, 0) is 83.5 Å². The molecule has 496 valence electrons. The van der Waals surface area contributed by atoms with Crippen LogP contribution in [0.1, 0.15) is 425 Å². The number of rotatable bonds is 72. The van der Waals surface area contributed by atoms with Crippen LogP contribution in [-0.2, 0) is 14.3 Å². The van der Waals surface area contributed by atoms with Crippen LogP contribution in [0.4, 0.5) is 0 Å². The summed E-state index contributed by atoms with van der Waals surface area (Å²) in [6.45, 7) is 4.94. The van der Waals surface area contributed by atoms with Crippen LogP contribution < -0.4 is 5.32 Å². The number of ether oxygens (including phenoxy) is 1. The number of aliphatic hydroxyl groups is 2. The van der Waals surface area contributed by atoms with Crippen molar-refractivity contribution in [2.24, 2.45) is 0 Å². The van der Waals surface area contributed by atoms with Gasteiger partial charge in [0.2, 0.25) is 5.91 Å². The number of nitrogens with one attached hydrogen (secondary N) is 1. The predicted molar refractivity (Wildman–Crippen MR) is 370 cm³/mol. The van der Waals surface area contributed by atoms with Gasteiger partial charge >= 0.3 is 5.97 Å². The number of unbranched alkanes of at least 4 members (excludes halogenated alkanes) is 57. The van der Waals surface area contributed by atoms with Gasteiger partial charge in [0.15, 0.2) is 0 Å². The Balaban J connectivity index is 3.42. The molecule has 6 heteroatoms. The molecule has 0 radical (unpaired) electrons. The topological polar surface area (TPSA) is 95.9 Å². The molecule has 84 heavy (non-hydrogen) atoms. The molecule has 6 nitrogen and oxygen atoms in total. The smallest absolute Gasteiger partial charge is 0.305 e. The molecular weight excluding hydrogens is 1030 g/mol. The lowest BCUT2D eigenvalue weighted by Gasteiger charge is -2.20. The van der Waals surface area contributed by atoms with Crippen LogP contribution >= 0.6 is 0 Å². The van der Waals surface area contributed by atoms with Crippen molar-refractivity contribution in [2.45, 2.75) is 437 Å². The van der Waals surface area contributed by atoms with Crippen LogP contribution in [0.3, 0.4) is 0 Å². The number of hydrogen-bond acceptors (Lipinski definition) is 5. The molecule has 0 aromatic heterocycles. The number of amides is 1. The number of esters is 1. The average Bonchev–Trinajstić information content (AvgIpc) is 3.51. The average molecular weight is 1180 g/mol. The van der Waals surface area contributed by atoms with E-state index in [1.807, 2.05) is 6.08 Å². The summed E-state index contributed by atoms with van der Waals surface area (Å²) in [6, 6.07) is -0.632. The molecule has 0 heterocycles. The highest BCUT2D eigenvalue weighted by Gasteiger charge is 2.18. The Morgan fingerprint density at radius 1 is 0.321 bits per heavy atom. The Morgan fingerprint density at radius 2 is 0.560 bits per heavy atom. The van der Waals surface area contributed by atoms with Gasteiger partial charge < -0.3 is 20.3 Å². The zero-order chi connectivity index (χ0) is 60.6. The fourth-order valence-electron chi connectivity index (χ4n) is 12.0. The first-order valence-corrected chi connectivity index (χ1v) is 38.3. The molecule has 0 fully saturated rings. The maximum absolute atomic E-state index is 12.5. The summed E-state index contributed by atoms with van der Waals surface area (Å²) >= 11 is 0. The Kier molecular flexibility index (Phi) is 71.9. The highest BCUT2D eigenvalue weighted by molar-refractivity contribution is 5.76. The van der Waals surface area contributed by atoms with E-state index in [4.69, 9.17) is 4.74 Å². The van der Waals surface area contributed by atoms with Gasteiger partial charge in [-0.15, -0.1) is 0 Å². The first-order chi connectivity index (χ1) is 41.5. The highest BCUT2D eigenvalue weighted by atomic mass is 16.5. The van der Waals surface area contributed by atoms with Crippen molar-refractivity contribution in [3.63, 3.8) is 0 Å². The largest absolute Gasteiger partial charge is 0.466 e. The summed E-state index contributed by atoms with van der Waals surface area (Å²) in [4.78, 5) is 24.7. The van der Waals surface area contributed by atoms with Crippen molar-refractivity contribution >= 4 is 11.9 Å². The van der Waals surface area contributed by atoms with Crippen molar-refractivity contribution in [1.29, 1.82) is 0 Å². The summed E-state index contributed by atoms with van der Waals surface area (Å²) in [7, 11) is 0. The normalized spacial score (nSPS) is 12.7. The van der Waals surface area contributed by atoms with Crippen molar-refractivity contribution in [3.8, 4) is 0 Å². The molecule has 1 amide bonds. The van der Waals surface area contributed by atoms with Gasteiger partial charge in [-0.2, -0.15) is 0 Å². The van der Waals surface area contributed by atoms with Gasteiger partial charge in [-0.25, -0.2) is 0 Å². The van der Waals surface area contributed by atoms with E-state index in [1.54, 1.807) is 6.08 Å². The second kappa shape index (κ2) is 73.5. The SMILES string of the molecule is CCCCCCCC/C=C\CCCCCCCCCC(=O)OCCCCCCCCCCCCCC/C=C\CCCCCCCCCCCC(=O)NC(CO)C(O)/C=C/CCCCCCCCCCCCCCCCCCCCCCCCC. The molecule has 0 aromatic rings. The predicted octanol–water partition coefficient (Wildman–Crippen LogP) is 25.0. The summed E-state index contributed by atoms with van der Waals surface area (Å²) in [5, 5.41) is 23.3. The third kappa shape index (κ3) is 69.2. The molecule has 2 unspecified atom stereocenters. The molecule has 3 N–H and O–H groups in total. The maximum atomic E-state index is 12.5. The quantitative estimate of drug-likeness (QED) is 0.0320. The van der Waals surface area contributed by atoms with E-state index < -0.39 is 12.1 Å². The molecule has 0 bridgehead atoms. The van der Waals surface area contributed by atoms with Crippen LogP contribution in [0, 0.1) is 0 Å². The van der Waals surface area contributed by atoms with Crippen LogP contribution in [0.25, 0.3) is 0 Å². The third-order valence-corrected chi connectivity index (χ3v) is 17.9. The molecule has 2 atom stereocenters. The summed E-state index contributed by atoms with van der Waals surface area (Å²) in [6.07, 6.45) is 95.3. The van der Waals surface area contributed by atoms with Gasteiger partial charge in [0.25, 0.3) is 0 Å². The van der Waals surface area contributed by atoms with Crippen molar-refractivity contribution in [2.75, 3.05) is 13.2 Å². The number of allylic oxidation sites excluding steroid dienone is 5. The summed E-state index contributed by atoms with van der Waals surface area (Å²) in [5.74, 6) is -0.0560. The van der Waals surface area contributed by atoms with Gasteiger partial charge in [0.1, 0.15) is 0 Å². The van der Waals surface area contributed by atoms with Crippen LogP contribution in [-0.4, -0.2) is 47.4 Å². The lowest BCUT2D eigenvalue weighted by Crippen LogP contribution is -2.45. The first kappa shape index (κ1) is 82.1. The lowest BCUT2D eigenvalue weighted by atomic mass is 10.0. The maximum Gasteiger partial charge on any atom is 0.305 e. The monoisotopic (exact) mass is 1180 g/mol. The minimum Gasteiger partial charge on any atom is -0.466 e. The van der Waals surface area contributed by atoms with E-state index in [-0.39, 0.29) is 18.5 Å². The van der Waals surface area contributed by atoms with E-state index in [1.165, 1.54) is 353 Å². The Hall–Kier alpha value is -1.92. The lowest BCUT2D eigenvalue weighted by molar-refractivity contribution is -0.143. The Bertz CT molecular complexity index is 1360. The van der Waals surface area contributed by atoms with Crippen LogP contribution in [0.15, 0.2) is 36.5 Å². The molecule has 0 aliphatic heterocycles. The Morgan fingerprint density at radius 3 is 0.845 bits per heavy atom. The molecule has 0 aromatic carbocycles. The van der Waals surface area contributed by atoms with E-state index in [0.717, 1.165) is 44.9 Å². The molecular formula is C78H149NO5. The summed E-state index contributed by atoms with van der Waals surface area (Å²) < 4.78 is 5.50. The van der Waals surface area contributed by atoms with Crippen molar-refractivity contribution in [1.82, 2.24) is 5.32 Å². The minimum atomic E-state index is -0.849.